The van der Waals surface area contributed by atoms with Crippen LogP contribution in [0, 0.1) is 0 Å². The van der Waals surface area contributed by atoms with Gasteiger partial charge < -0.3 is 5.11 Å². The van der Waals surface area contributed by atoms with Crippen LogP contribution in [0.5, 0.6) is 0 Å². The molecule has 0 unspecified atom stereocenters. The third-order valence-electron chi connectivity index (χ3n) is 1.81. The molecule has 16 heavy (non-hydrogen) atoms. The maximum atomic E-state index is 11.5. The van der Waals surface area contributed by atoms with Crippen molar-refractivity contribution < 1.29 is 23.1 Å². The van der Waals surface area contributed by atoms with Crippen molar-refractivity contribution in [3.8, 4) is 0 Å². The second-order valence-electron chi connectivity index (χ2n) is 3.26. The number of aromatic carboxylic acids is 1. The SMILES string of the molecule is CC(C)S(=O)(=O)C(=O)c1cc(C(=O)O)ns1. The van der Waals surface area contributed by atoms with Gasteiger partial charge in [-0.05, 0) is 31.4 Å². The predicted octanol–water partition coefficient (Wildman–Crippen LogP) is 0.805. The normalized spacial score (nSPS) is 11.7. The zero-order valence-corrected chi connectivity index (χ0v) is 10.1. The van der Waals surface area contributed by atoms with Crippen LogP contribution in [0.4, 0.5) is 0 Å². The van der Waals surface area contributed by atoms with Crippen LogP contribution in [0.25, 0.3) is 0 Å². The van der Waals surface area contributed by atoms with E-state index < -0.39 is 26.2 Å². The van der Waals surface area contributed by atoms with Crippen molar-refractivity contribution in [2.75, 3.05) is 0 Å². The van der Waals surface area contributed by atoms with Crippen molar-refractivity contribution in [2.45, 2.75) is 19.1 Å². The number of aromatic nitrogens is 1. The van der Waals surface area contributed by atoms with E-state index in [1.807, 2.05) is 0 Å². The minimum absolute atomic E-state index is 0.175. The van der Waals surface area contributed by atoms with Gasteiger partial charge in [0.05, 0.1) is 5.25 Å². The minimum Gasteiger partial charge on any atom is -0.476 e. The summed E-state index contributed by atoms with van der Waals surface area (Å²) in [6.07, 6.45) is 0. The first kappa shape index (κ1) is 12.8. The van der Waals surface area contributed by atoms with Crippen LogP contribution < -0.4 is 0 Å². The first-order valence-corrected chi connectivity index (χ1v) is 6.57. The average molecular weight is 263 g/mol. The largest absolute Gasteiger partial charge is 0.476 e. The average Bonchev–Trinajstić information content (AvgIpc) is 2.64. The molecule has 0 bridgehead atoms. The first-order valence-electron chi connectivity index (χ1n) is 4.25. The molecule has 0 aliphatic rings. The van der Waals surface area contributed by atoms with Gasteiger partial charge in [0.2, 0.25) is 9.84 Å². The summed E-state index contributed by atoms with van der Waals surface area (Å²) >= 11 is 0.571. The molecule has 6 nitrogen and oxygen atoms in total. The predicted molar refractivity (Wildman–Crippen MR) is 57.5 cm³/mol. The number of carboxylic acid groups (broad SMARTS) is 1. The van der Waals surface area contributed by atoms with Crippen LogP contribution in [0.1, 0.15) is 34.0 Å². The molecule has 0 radical (unpaired) electrons. The van der Waals surface area contributed by atoms with Crippen molar-refractivity contribution in [1.29, 1.82) is 0 Å². The monoisotopic (exact) mass is 263 g/mol. The maximum Gasteiger partial charge on any atom is 0.355 e. The molecule has 0 aliphatic heterocycles. The Balaban J connectivity index is 3.12. The molecule has 8 heteroatoms. The van der Waals surface area contributed by atoms with Crippen molar-refractivity contribution in [2.24, 2.45) is 0 Å². The molecule has 0 aliphatic carbocycles. The number of hydrogen-bond donors (Lipinski definition) is 1. The summed E-state index contributed by atoms with van der Waals surface area (Å²) in [5.41, 5.74) is -0.327. The van der Waals surface area contributed by atoms with E-state index in [1.54, 1.807) is 0 Å². The molecule has 0 aromatic carbocycles. The Bertz CT molecular complexity index is 528. The fourth-order valence-corrected chi connectivity index (χ4v) is 2.62. The Hall–Kier alpha value is -1.28. The molecular formula is C8H9NO5S2. The number of carbonyl (C=O) groups is 2. The van der Waals surface area contributed by atoms with E-state index in [-0.39, 0.29) is 10.6 Å². The van der Waals surface area contributed by atoms with Gasteiger partial charge in [0.15, 0.2) is 5.69 Å². The molecule has 0 fully saturated rings. The summed E-state index contributed by atoms with van der Waals surface area (Å²) in [6.45, 7) is 2.76. The first-order chi connectivity index (χ1) is 7.26. The van der Waals surface area contributed by atoms with Crippen LogP contribution in [0.2, 0.25) is 0 Å². The third-order valence-corrected chi connectivity index (χ3v) is 4.70. The van der Waals surface area contributed by atoms with E-state index >= 15 is 0 Å². The lowest BCUT2D eigenvalue weighted by atomic mass is 10.4. The van der Waals surface area contributed by atoms with Crippen LogP contribution in [-0.2, 0) is 9.84 Å². The van der Waals surface area contributed by atoms with Crippen LogP contribution in [-0.4, -0.2) is 34.2 Å². The Kier molecular flexibility index (Phi) is 3.44. The van der Waals surface area contributed by atoms with E-state index in [2.05, 4.69) is 4.37 Å². The van der Waals surface area contributed by atoms with E-state index in [1.165, 1.54) is 13.8 Å². The molecule has 0 saturated heterocycles. The van der Waals surface area contributed by atoms with Crippen molar-refractivity contribution in [3.05, 3.63) is 16.6 Å². The number of rotatable bonds is 3. The topological polar surface area (TPSA) is 101 Å². The Morgan fingerprint density at radius 2 is 2.00 bits per heavy atom. The molecule has 1 aromatic heterocycles. The highest BCUT2D eigenvalue weighted by Gasteiger charge is 2.29. The highest BCUT2D eigenvalue weighted by atomic mass is 32.2. The molecule has 0 spiro atoms. The van der Waals surface area contributed by atoms with Gasteiger partial charge in [-0.1, -0.05) is 0 Å². The van der Waals surface area contributed by atoms with Gasteiger partial charge in [0, 0.05) is 0 Å². The summed E-state index contributed by atoms with van der Waals surface area (Å²) in [6, 6.07) is 0.968. The second kappa shape index (κ2) is 4.30. The highest BCUT2D eigenvalue weighted by molar-refractivity contribution is 8.07. The highest BCUT2D eigenvalue weighted by Crippen LogP contribution is 2.16. The summed E-state index contributed by atoms with van der Waals surface area (Å²) in [4.78, 5) is 21.9. The number of nitrogens with zero attached hydrogens (tertiary/aromatic N) is 1. The maximum absolute atomic E-state index is 11.5. The van der Waals surface area contributed by atoms with E-state index in [9.17, 15) is 18.0 Å². The molecule has 0 atom stereocenters. The van der Waals surface area contributed by atoms with Gasteiger partial charge in [0.1, 0.15) is 4.88 Å². The summed E-state index contributed by atoms with van der Waals surface area (Å²) < 4.78 is 26.5. The smallest absolute Gasteiger partial charge is 0.355 e. The lowest BCUT2D eigenvalue weighted by Crippen LogP contribution is -2.23. The molecule has 1 N–H and O–H groups in total. The zero-order chi connectivity index (χ0) is 12.5. The van der Waals surface area contributed by atoms with Gasteiger partial charge >= 0.3 is 5.97 Å². The molecule has 0 amide bonds. The Morgan fingerprint density at radius 3 is 2.38 bits per heavy atom. The molecule has 88 valence electrons. The van der Waals surface area contributed by atoms with Crippen molar-refractivity contribution in [1.82, 2.24) is 4.37 Å². The Labute approximate surface area is 96.0 Å². The van der Waals surface area contributed by atoms with Gasteiger partial charge in [-0.25, -0.2) is 13.2 Å². The third kappa shape index (κ3) is 2.27. The fourth-order valence-electron chi connectivity index (χ4n) is 0.826. The van der Waals surface area contributed by atoms with Gasteiger partial charge in [-0.15, -0.1) is 0 Å². The molecule has 0 saturated carbocycles. The fraction of sp³-hybridized carbons (Fsp3) is 0.375. The van der Waals surface area contributed by atoms with Crippen LogP contribution in [0.15, 0.2) is 6.07 Å². The molecule has 1 heterocycles. The lowest BCUT2D eigenvalue weighted by molar-refractivity contribution is 0.0692. The van der Waals surface area contributed by atoms with E-state index in [0.717, 1.165) is 6.07 Å². The lowest BCUT2D eigenvalue weighted by Gasteiger charge is -2.03. The van der Waals surface area contributed by atoms with Gasteiger partial charge in [-0.3, -0.25) is 4.79 Å². The number of carbonyl (C=O) groups excluding carboxylic acids is 1. The number of carboxylic acids is 1. The van der Waals surface area contributed by atoms with Crippen molar-refractivity contribution in [3.63, 3.8) is 0 Å². The molecule has 1 rings (SSSR count). The summed E-state index contributed by atoms with van der Waals surface area (Å²) in [5, 5.41) is 6.66. The number of sulfone groups is 1. The molecular weight excluding hydrogens is 254 g/mol. The second-order valence-corrected chi connectivity index (χ2v) is 6.47. The van der Waals surface area contributed by atoms with Gasteiger partial charge in [-0.2, -0.15) is 4.37 Å². The van der Waals surface area contributed by atoms with Crippen LogP contribution >= 0.6 is 11.5 Å². The zero-order valence-electron chi connectivity index (χ0n) is 8.50. The Morgan fingerprint density at radius 1 is 1.44 bits per heavy atom. The molecule has 1 aromatic rings. The summed E-state index contributed by atoms with van der Waals surface area (Å²) in [5.74, 6) is -1.29. The standard InChI is InChI=1S/C8H9NO5S2/c1-4(2)16(13,14)8(12)6-3-5(7(10)11)9-15-6/h3-4H,1-2H3,(H,10,11). The van der Waals surface area contributed by atoms with Crippen molar-refractivity contribution >= 4 is 32.5 Å². The van der Waals surface area contributed by atoms with E-state index in [4.69, 9.17) is 5.11 Å². The van der Waals surface area contributed by atoms with E-state index in [0.29, 0.717) is 11.5 Å². The minimum atomic E-state index is -3.90. The van der Waals surface area contributed by atoms with Crippen LogP contribution in [0.3, 0.4) is 0 Å². The summed E-state index contributed by atoms with van der Waals surface area (Å²) in [7, 11) is -3.90. The van der Waals surface area contributed by atoms with Gasteiger partial charge in [0.25, 0.3) is 5.12 Å². The quantitative estimate of drug-likeness (QED) is 0.865. The number of hydrogen-bond acceptors (Lipinski definition) is 6.